The van der Waals surface area contributed by atoms with Crippen LogP contribution >= 0.6 is 0 Å². The molecule has 0 saturated carbocycles. The minimum absolute atomic E-state index is 0.0198. The molecule has 0 radical (unpaired) electrons. The summed E-state index contributed by atoms with van der Waals surface area (Å²) < 4.78 is 24.0. The van der Waals surface area contributed by atoms with Gasteiger partial charge in [0.15, 0.2) is 11.5 Å². The third kappa shape index (κ3) is 5.96. The van der Waals surface area contributed by atoms with Crippen molar-refractivity contribution in [1.29, 1.82) is 0 Å². The Balaban J connectivity index is 1.71. The highest BCUT2D eigenvalue weighted by atomic mass is 19.1. The number of rotatable bonds is 9. The summed E-state index contributed by atoms with van der Waals surface area (Å²) in [5.41, 5.74) is 1.72. The lowest BCUT2D eigenvalue weighted by Crippen LogP contribution is -2.49. The molecule has 2 atom stereocenters. The number of benzene rings is 2. The van der Waals surface area contributed by atoms with Crippen molar-refractivity contribution in [3.8, 4) is 11.5 Å². The Hall–Kier alpha value is -3.09. The smallest absolute Gasteiger partial charge is 0.242 e. The van der Waals surface area contributed by atoms with Gasteiger partial charge in [0.1, 0.15) is 11.9 Å². The number of ether oxygens (including phenoxy) is 2. The van der Waals surface area contributed by atoms with Crippen molar-refractivity contribution in [1.82, 2.24) is 10.2 Å². The Labute approximate surface area is 182 Å². The summed E-state index contributed by atoms with van der Waals surface area (Å²) in [6.45, 7) is 6.07. The van der Waals surface area contributed by atoms with Crippen LogP contribution in [0.1, 0.15) is 44.7 Å². The van der Waals surface area contributed by atoms with Crippen molar-refractivity contribution < 1.29 is 23.5 Å². The summed E-state index contributed by atoms with van der Waals surface area (Å²) in [7, 11) is 0. The summed E-state index contributed by atoms with van der Waals surface area (Å²) >= 11 is 0. The van der Waals surface area contributed by atoms with E-state index in [0.29, 0.717) is 17.9 Å². The van der Waals surface area contributed by atoms with Crippen molar-refractivity contribution in [2.24, 2.45) is 0 Å². The maximum Gasteiger partial charge on any atom is 0.242 e. The van der Waals surface area contributed by atoms with Crippen molar-refractivity contribution in [3.05, 3.63) is 59.4 Å². The Morgan fingerprint density at radius 1 is 1.06 bits per heavy atom. The first kappa shape index (κ1) is 22.6. The van der Waals surface area contributed by atoms with Crippen LogP contribution in [-0.2, 0) is 22.6 Å². The fraction of sp³-hybridized carbons (Fsp3) is 0.417. The Kier molecular flexibility index (Phi) is 7.50. The van der Waals surface area contributed by atoms with Gasteiger partial charge in [-0.15, -0.1) is 0 Å². The number of carbonyl (C=O) groups excluding carboxylic acids is 2. The fourth-order valence-electron chi connectivity index (χ4n) is 3.33. The number of fused-ring (bicyclic) bond motifs is 1. The largest absolute Gasteiger partial charge is 0.454 e. The third-order valence-electron chi connectivity index (χ3n) is 5.50. The van der Waals surface area contributed by atoms with E-state index in [-0.39, 0.29) is 43.4 Å². The normalized spacial score (nSPS) is 14.1. The molecule has 0 bridgehead atoms. The second-order valence-electron chi connectivity index (χ2n) is 7.83. The van der Waals surface area contributed by atoms with E-state index < -0.39 is 6.04 Å². The number of aryl methyl sites for hydroxylation is 1. The summed E-state index contributed by atoms with van der Waals surface area (Å²) in [6.07, 6.45) is 1.55. The highest BCUT2D eigenvalue weighted by molar-refractivity contribution is 5.87. The number of hydrogen-bond acceptors (Lipinski definition) is 4. The molecule has 1 aliphatic rings. The molecule has 6 nitrogen and oxygen atoms in total. The van der Waals surface area contributed by atoms with Gasteiger partial charge in [-0.05, 0) is 62.1 Å². The molecule has 0 aliphatic carbocycles. The fourth-order valence-corrected chi connectivity index (χ4v) is 3.33. The quantitative estimate of drug-likeness (QED) is 0.659. The zero-order valence-corrected chi connectivity index (χ0v) is 18.2. The lowest BCUT2D eigenvalue weighted by molar-refractivity contribution is -0.140. The topological polar surface area (TPSA) is 67.9 Å². The molecule has 2 aromatic carbocycles. The second-order valence-corrected chi connectivity index (χ2v) is 7.83. The summed E-state index contributed by atoms with van der Waals surface area (Å²) in [4.78, 5) is 27.4. The van der Waals surface area contributed by atoms with E-state index in [1.165, 1.54) is 12.1 Å². The number of amides is 2. The van der Waals surface area contributed by atoms with E-state index in [1.807, 2.05) is 32.0 Å². The maximum atomic E-state index is 13.3. The lowest BCUT2D eigenvalue weighted by Gasteiger charge is -2.29. The van der Waals surface area contributed by atoms with Crippen molar-refractivity contribution in [2.45, 2.75) is 58.7 Å². The molecule has 1 N–H and O–H groups in total. The van der Waals surface area contributed by atoms with Gasteiger partial charge in [-0.2, -0.15) is 0 Å². The SMILES string of the molecule is CC[C@@H](C)NC(=O)[C@H](C)N(Cc1ccc(F)cc1)C(=O)CCc1ccc2c(c1)OCO2. The molecule has 1 heterocycles. The number of nitrogens with zero attached hydrogens (tertiary/aromatic N) is 1. The van der Waals surface area contributed by atoms with Crippen molar-refractivity contribution in [2.75, 3.05) is 6.79 Å². The highest BCUT2D eigenvalue weighted by Crippen LogP contribution is 2.32. The molecule has 1 aliphatic heterocycles. The predicted molar refractivity (Wildman–Crippen MR) is 115 cm³/mol. The third-order valence-corrected chi connectivity index (χ3v) is 5.50. The van der Waals surface area contributed by atoms with Gasteiger partial charge in [0.05, 0.1) is 0 Å². The predicted octanol–water partition coefficient (Wildman–Crippen LogP) is 3.82. The van der Waals surface area contributed by atoms with Crippen LogP contribution in [0.3, 0.4) is 0 Å². The van der Waals surface area contributed by atoms with E-state index in [4.69, 9.17) is 9.47 Å². The molecule has 0 spiro atoms. The van der Waals surface area contributed by atoms with Crippen LogP contribution in [0.2, 0.25) is 0 Å². The summed E-state index contributed by atoms with van der Waals surface area (Å²) in [5.74, 6) is 0.687. The van der Waals surface area contributed by atoms with E-state index in [1.54, 1.807) is 24.0 Å². The first-order valence-corrected chi connectivity index (χ1v) is 10.6. The number of nitrogens with one attached hydrogen (secondary N) is 1. The molecule has 31 heavy (non-hydrogen) atoms. The zero-order chi connectivity index (χ0) is 22.4. The Morgan fingerprint density at radius 3 is 2.45 bits per heavy atom. The van der Waals surface area contributed by atoms with Crippen LogP contribution in [-0.4, -0.2) is 35.6 Å². The first-order valence-electron chi connectivity index (χ1n) is 10.6. The van der Waals surface area contributed by atoms with Gasteiger partial charge in [0, 0.05) is 19.0 Å². The van der Waals surface area contributed by atoms with Crippen LogP contribution in [0.4, 0.5) is 4.39 Å². The van der Waals surface area contributed by atoms with E-state index in [9.17, 15) is 14.0 Å². The maximum absolute atomic E-state index is 13.3. The minimum atomic E-state index is -0.650. The van der Waals surface area contributed by atoms with Crippen LogP contribution in [0.25, 0.3) is 0 Å². The van der Waals surface area contributed by atoms with Crippen LogP contribution < -0.4 is 14.8 Å². The van der Waals surface area contributed by atoms with Gasteiger partial charge < -0.3 is 19.7 Å². The van der Waals surface area contributed by atoms with Crippen LogP contribution in [0.15, 0.2) is 42.5 Å². The van der Waals surface area contributed by atoms with Gasteiger partial charge in [-0.25, -0.2) is 4.39 Å². The zero-order valence-electron chi connectivity index (χ0n) is 18.2. The highest BCUT2D eigenvalue weighted by Gasteiger charge is 2.26. The van der Waals surface area contributed by atoms with Gasteiger partial charge in [0.2, 0.25) is 18.6 Å². The second kappa shape index (κ2) is 10.3. The molecule has 166 valence electrons. The molecule has 0 aromatic heterocycles. The summed E-state index contributed by atoms with van der Waals surface area (Å²) in [6, 6.07) is 11.0. The number of halogens is 1. The molecule has 2 amide bonds. The van der Waals surface area contributed by atoms with Crippen LogP contribution in [0.5, 0.6) is 11.5 Å². The lowest BCUT2D eigenvalue weighted by atomic mass is 10.1. The van der Waals surface area contributed by atoms with Gasteiger partial charge in [-0.1, -0.05) is 25.1 Å². The molecule has 7 heteroatoms. The van der Waals surface area contributed by atoms with E-state index >= 15 is 0 Å². The van der Waals surface area contributed by atoms with Gasteiger partial charge >= 0.3 is 0 Å². The monoisotopic (exact) mass is 428 g/mol. The molecule has 3 rings (SSSR count). The number of hydrogen-bond donors (Lipinski definition) is 1. The average Bonchev–Trinajstić information content (AvgIpc) is 3.24. The molecule has 2 aromatic rings. The van der Waals surface area contributed by atoms with E-state index in [0.717, 1.165) is 17.5 Å². The van der Waals surface area contributed by atoms with Crippen molar-refractivity contribution >= 4 is 11.8 Å². The standard InChI is InChI=1S/C24H29FN2O4/c1-4-16(2)26-24(29)17(3)27(14-19-5-9-20(25)10-6-19)23(28)12-8-18-7-11-21-22(13-18)31-15-30-21/h5-7,9-11,13,16-17H,4,8,12,14-15H2,1-3H3,(H,26,29)/t16-,17+/m1/s1. The first-order chi connectivity index (χ1) is 14.9. The van der Waals surface area contributed by atoms with E-state index in [2.05, 4.69) is 5.32 Å². The summed E-state index contributed by atoms with van der Waals surface area (Å²) in [5, 5.41) is 2.94. The van der Waals surface area contributed by atoms with Crippen molar-refractivity contribution in [3.63, 3.8) is 0 Å². The van der Waals surface area contributed by atoms with Crippen LogP contribution in [0, 0.1) is 5.82 Å². The van der Waals surface area contributed by atoms with Gasteiger partial charge in [-0.3, -0.25) is 9.59 Å². The number of carbonyl (C=O) groups is 2. The Bertz CT molecular complexity index is 916. The van der Waals surface area contributed by atoms with Gasteiger partial charge in [0.25, 0.3) is 0 Å². The molecular weight excluding hydrogens is 399 g/mol. The minimum Gasteiger partial charge on any atom is -0.454 e. The average molecular weight is 429 g/mol. The molecule has 0 saturated heterocycles. The molecule has 0 unspecified atom stereocenters. The molecule has 0 fully saturated rings. The Morgan fingerprint density at radius 2 is 1.74 bits per heavy atom. The molecular formula is C24H29FN2O4.